The molecule has 174 valence electrons. The summed E-state index contributed by atoms with van der Waals surface area (Å²) >= 11 is 1.20. The molecule has 9 heteroatoms. The summed E-state index contributed by atoms with van der Waals surface area (Å²) in [7, 11) is 0. The molecule has 0 unspecified atom stereocenters. The van der Waals surface area contributed by atoms with Gasteiger partial charge in [0.1, 0.15) is 21.9 Å². The Morgan fingerprint density at radius 1 is 1.09 bits per heavy atom. The lowest BCUT2D eigenvalue weighted by atomic mass is 10.1. The maximum Gasteiger partial charge on any atom is 0.338 e. The Hall–Kier alpha value is -4.37. The third kappa shape index (κ3) is 4.80. The fraction of sp³-hybridized carbons (Fsp3) is 0.0769. The van der Waals surface area contributed by atoms with Crippen LogP contribution in [0.5, 0.6) is 0 Å². The summed E-state index contributed by atoms with van der Waals surface area (Å²) < 4.78 is 25.6. The van der Waals surface area contributed by atoms with E-state index < -0.39 is 0 Å². The lowest BCUT2D eigenvalue weighted by Gasteiger charge is -2.02. The van der Waals surface area contributed by atoms with Crippen molar-refractivity contribution in [2.24, 2.45) is 0 Å². The average molecular weight is 488 g/mol. The molecule has 0 aliphatic heterocycles. The molecule has 0 fully saturated rings. The van der Waals surface area contributed by atoms with E-state index in [0.717, 1.165) is 11.1 Å². The van der Waals surface area contributed by atoms with Crippen LogP contribution in [0.15, 0.2) is 69.9 Å². The lowest BCUT2D eigenvalue weighted by Crippen LogP contribution is -2.23. The Morgan fingerprint density at radius 3 is 2.57 bits per heavy atom. The van der Waals surface area contributed by atoms with Gasteiger partial charge in [-0.3, -0.25) is 4.79 Å². The van der Waals surface area contributed by atoms with Gasteiger partial charge in [-0.15, -0.1) is 5.10 Å². The zero-order chi connectivity index (χ0) is 24.4. The number of hydrogen-bond acceptors (Lipinski definition) is 7. The zero-order valence-electron chi connectivity index (χ0n) is 18.5. The van der Waals surface area contributed by atoms with Gasteiger partial charge in [0.2, 0.25) is 4.96 Å². The number of benzene rings is 2. The molecule has 35 heavy (non-hydrogen) atoms. The highest BCUT2D eigenvalue weighted by atomic mass is 32.1. The van der Waals surface area contributed by atoms with Gasteiger partial charge in [0.05, 0.1) is 12.2 Å². The lowest BCUT2D eigenvalue weighted by molar-refractivity contribution is 0.0526. The number of carbonyl (C=O) groups excluding carboxylic acids is 1. The highest BCUT2D eigenvalue weighted by Gasteiger charge is 2.11. The first kappa shape index (κ1) is 22.4. The number of thiazole rings is 1. The molecule has 0 aliphatic carbocycles. The van der Waals surface area contributed by atoms with Crippen LogP contribution in [0.4, 0.5) is 4.39 Å². The minimum atomic E-state index is -0.374. The third-order valence-corrected chi connectivity index (χ3v) is 6.03. The van der Waals surface area contributed by atoms with Crippen LogP contribution in [0, 0.1) is 5.82 Å². The van der Waals surface area contributed by atoms with Crippen molar-refractivity contribution in [1.29, 1.82) is 0 Å². The summed E-state index contributed by atoms with van der Waals surface area (Å²) in [5, 5.41) is 4.25. The molecule has 0 aliphatic rings. The number of rotatable bonds is 6. The highest BCUT2D eigenvalue weighted by molar-refractivity contribution is 7.15. The third-order valence-electron chi connectivity index (χ3n) is 5.07. The van der Waals surface area contributed by atoms with Gasteiger partial charge >= 0.3 is 5.97 Å². The van der Waals surface area contributed by atoms with Gasteiger partial charge in [0.25, 0.3) is 5.56 Å². The number of esters is 1. The second-order valence-corrected chi connectivity index (χ2v) is 8.47. The molecular formula is C26H18FN3O4S. The van der Waals surface area contributed by atoms with Crippen molar-refractivity contribution in [2.45, 2.75) is 6.92 Å². The normalized spacial score (nSPS) is 12.1. The number of ether oxygens (including phenoxy) is 1. The maximum atomic E-state index is 13.0. The molecule has 0 atom stereocenters. The van der Waals surface area contributed by atoms with Crippen molar-refractivity contribution < 1.29 is 18.3 Å². The fourth-order valence-electron chi connectivity index (χ4n) is 3.36. The van der Waals surface area contributed by atoms with Crippen LogP contribution in [0.25, 0.3) is 34.5 Å². The quantitative estimate of drug-likeness (QED) is 0.329. The molecule has 0 radical (unpaired) electrons. The Labute approximate surface area is 202 Å². The molecule has 2 aromatic carbocycles. The highest BCUT2D eigenvalue weighted by Crippen LogP contribution is 2.23. The molecule has 0 saturated carbocycles. The maximum absolute atomic E-state index is 13.0. The standard InChI is InChI=1S/C26H18FN3O4S/c1-2-33-25(32)18-8-6-17(7-9-18)21-13-12-20(34-21)15-22-24(31)30-26(35-22)28-23(29-30)14-5-16-3-10-19(27)11-4-16/h3-15H,2H2,1H3. The summed E-state index contributed by atoms with van der Waals surface area (Å²) in [6, 6.07) is 16.5. The van der Waals surface area contributed by atoms with Gasteiger partial charge in [-0.2, -0.15) is 9.50 Å². The van der Waals surface area contributed by atoms with Crippen molar-refractivity contribution >= 4 is 40.5 Å². The molecule has 3 aromatic heterocycles. The van der Waals surface area contributed by atoms with Crippen LogP contribution in [-0.4, -0.2) is 27.2 Å². The number of fused-ring (bicyclic) bond motifs is 1. The zero-order valence-corrected chi connectivity index (χ0v) is 19.3. The largest absolute Gasteiger partial charge is 0.462 e. The first-order valence-corrected chi connectivity index (χ1v) is 11.5. The summed E-state index contributed by atoms with van der Waals surface area (Å²) in [4.78, 5) is 29.4. The van der Waals surface area contributed by atoms with Crippen molar-refractivity contribution in [2.75, 3.05) is 6.61 Å². The molecule has 0 spiro atoms. The molecule has 5 aromatic rings. The molecule has 3 heterocycles. The first-order valence-electron chi connectivity index (χ1n) is 10.7. The minimum Gasteiger partial charge on any atom is -0.462 e. The van der Waals surface area contributed by atoms with Crippen molar-refractivity contribution in [3.8, 4) is 11.3 Å². The second-order valence-electron chi connectivity index (χ2n) is 7.46. The van der Waals surface area contributed by atoms with Crippen LogP contribution in [0.1, 0.15) is 34.4 Å². The van der Waals surface area contributed by atoms with E-state index in [9.17, 15) is 14.0 Å². The topological polar surface area (TPSA) is 86.7 Å². The number of aromatic nitrogens is 3. The van der Waals surface area contributed by atoms with Crippen LogP contribution in [0.3, 0.4) is 0 Å². The van der Waals surface area contributed by atoms with E-state index in [4.69, 9.17) is 9.15 Å². The Morgan fingerprint density at radius 2 is 1.86 bits per heavy atom. The predicted molar refractivity (Wildman–Crippen MR) is 131 cm³/mol. The smallest absolute Gasteiger partial charge is 0.338 e. The van der Waals surface area contributed by atoms with Crippen LogP contribution in [-0.2, 0) is 4.74 Å². The summed E-state index contributed by atoms with van der Waals surface area (Å²) in [6.45, 7) is 2.07. The number of carbonyl (C=O) groups is 1. The molecule has 7 nitrogen and oxygen atoms in total. The molecule has 0 saturated heterocycles. The van der Waals surface area contributed by atoms with E-state index in [1.165, 1.54) is 28.0 Å². The van der Waals surface area contributed by atoms with Gasteiger partial charge in [-0.1, -0.05) is 41.7 Å². The molecule has 0 bridgehead atoms. The molecular weight excluding hydrogens is 469 g/mol. The molecule has 5 rings (SSSR count). The van der Waals surface area contributed by atoms with Crippen LogP contribution in [0.2, 0.25) is 0 Å². The van der Waals surface area contributed by atoms with Gasteiger partial charge in [0.15, 0.2) is 5.82 Å². The van der Waals surface area contributed by atoms with Gasteiger partial charge in [-0.05, 0) is 55.0 Å². The number of hydrogen-bond donors (Lipinski definition) is 0. The second kappa shape index (κ2) is 9.47. The van der Waals surface area contributed by atoms with Crippen LogP contribution < -0.4 is 10.1 Å². The van der Waals surface area contributed by atoms with E-state index in [2.05, 4.69) is 10.1 Å². The van der Waals surface area contributed by atoms with Crippen LogP contribution >= 0.6 is 11.3 Å². The monoisotopic (exact) mass is 487 g/mol. The number of furan rings is 1. The van der Waals surface area contributed by atoms with Gasteiger partial charge in [0, 0.05) is 11.6 Å². The molecule has 0 N–H and O–H groups in total. The van der Waals surface area contributed by atoms with E-state index in [1.807, 2.05) is 0 Å². The van der Waals surface area contributed by atoms with Crippen molar-refractivity contribution in [1.82, 2.24) is 14.6 Å². The Bertz CT molecular complexity index is 1650. The van der Waals surface area contributed by atoms with E-state index >= 15 is 0 Å². The van der Waals surface area contributed by atoms with Crippen molar-refractivity contribution in [3.05, 3.63) is 104 Å². The van der Waals surface area contributed by atoms with E-state index in [0.29, 0.717) is 39.0 Å². The van der Waals surface area contributed by atoms with E-state index in [-0.39, 0.29) is 17.3 Å². The Balaban J connectivity index is 1.36. The minimum absolute atomic E-state index is 0.296. The summed E-state index contributed by atoms with van der Waals surface area (Å²) in [6.07, 6.45) is 5.07. The molecule has 0 amide bonds. The summed E-state index contributed by atoms with van der Waals surface area (Å²) in [5.74, 6) is 0.814. The Kier molecular flexibility index (Phi) is 6.07. The average Bonchev–Trinajstić information content (AvgIpc) is 3.56. The van der Waals surface area contributed by atoms with Crippen molar-refractivity contribution in [3.63, 3.8) is 0 Å². The fourth-order valence-corrected chi connectivity index (χ4v) is 4.26. The van der Waals surface area contributed by atoms with E-state index in [1.54, 1.807) is 73.7 Å². The summed E-state index contributed by atoms with van der Waals surface area (Å²) in [5.41, 5.74) is 1.76. The first-order chi connectivity index (χ1) is 17.0. The SMILES string of the molecule is CCOC(=O)c1ccc(-c2ccc(C=c3sc4nc(C=Cc5ccc(F)cc5)nn4c3=O)o2)cc1. The van der Waals surface area contributed by atoms with Gasteiger partial charge < -0.3 is 9.15 Å². The number of nitrogens with zero attached hydrogens (tertiary/aromatic N) is 3. The predicted octanol–water partition coefficient (Wildman–Crippen LogP) is 4.44. The number of halogens is 1. The van der Waals surface area contributed by atoms with Gasteiger partial charge in [-0.25, -0.2) is 9.18 Å².